The Morgan fingerprint density at radius 3 is 2.40 bits per heavy atom. The highest BCUT2D eigenvalue weighted by Gasteiger charge is 2.06. The van der Waals surface area contributed by atoms with E-state index in [9.17, 15) is 0 Å². The molecule has 1 aromatic carbocycles. The highest BCUT2D eigenvalue weighted by Crippen LogP contribution is 2.24. The smallest absolute Gasteiger partial charge is 0.0541 e. The topological polar surface area (TPSA) is 24.9 Å². The van der Waals surface area contributed by atoms with Crippen molar-refractivity contribution in [3.05, 3.63) is 59.9 Å². The van der Waals surface area contributed by atoms with Crippen LogP contribution >= 0.6 is 11.8 Å². The molecule has 20 heavy (non-hydrogen) atoms. The fraction of sp³-hybridized carbons (Fsp3) is 0.353. The fourth-order valence-electron chi connectivity index (χ4n) is 1.99. The fourth-order valence-corrected chi connectivity index (χ4v) is 2.82. The van der Waals surface area contributed by atoms with Crippen LogP contribution in [0.2, 0.25) is 0 Å². The Labute approximate surface area is 126 Å². The van der Waals surface area contributed by atoms with E-state index in [4.69, 9.17) is 0 Å². The van der Waals surface area contributed by atoms with Crippen molar-refractivity contribution in [3.8, 4) is 0 Å². The van der Waals surface area contributed by atoms with E-state index in [0.717, 1.165) is 12.2 Å². The van der Waals surface area contributed by atoms with Crippen LogP contribution in [0, 0.1) is 0 Å². The number of rotatable bonds is 6. The lowest BCUT2D eigenvalue weighted by Crippen LogP contribution is -2.18. The van der Waals surface area contributed by atoms with E-state index >= 15 is 0 Å². The Balaban J connectivity index is 1.90. The standard InChI is InChI=1S/C17H22N2S/c1-13(2)20-17-9-7-15(8-10-17)14(3)19-12-16-6-4-5-11-18-16/h4-11,13-14,19H,12H2,1-3H3/t14-/m1/s1. The molecule has 3 heteroatoms. The molecule has 0 aliphatic carbocycles. The quantitative estimate of drug-likeness (QED) is 0.795. The molecule has 0 aliphatic rings. The van der Waals surface area contributed by atoms with Gasteiger partial charge in [-0.15, -0.1) is 11.8 Å². The van der Waals surface area contributed by atoms with Gasteiger partial charge in [0, 0.05) is 28.9 Å². The molecule has 1 aromatic heterocycles. The maximum atomic E-state index is 4.33. The minimum absolute atomic E-state index is 0.329. The van der Waals surface area contributed by atoms with E-state index in [1.165, 1.54) is 10.5 Å². The van der Waals surface area contributed by atoms with E-state index in [1.54, 1.807) is 0 Å². The zero-order valence-corrected chi connectivity index (χ0v) is 13.2. The molecule has 2 aromatic rings. The van der Waals surface area contributed by atoms with E-state index in [-0.39, 0.29) is 0 Å². The maximum absolute atomic E-state index is 4.33. The molecule has 2 rings (SSSR count). The molecule has 1 heterocycles. The van der Waals surface area contributed by atoms with E-state index in [0.29, 0.717) is 11.3 Å². The second kappa shape index (κ2) is 7.46. The predicted molar refractivity (Wildman–Crippen MR) is 86.9 cm³/mol. The Hall–Kier alpha value is -1.32. The number of benzene rings is 1. The molecule has 0 saturated heterocycles. The van der Waals surface area contributed by atoms with Crippen LogP contribution in [-0.4, -0.2) is 10.2 Å². The zero-order chi connectivity index (χ0) is 14.4. The van der Waals surface area contributed by atoms with E-state index in [1.807, 2.05) is 36.2 Å². The van der Waals surface area contributed by atoms with Gasteiger partial charge in [-0.2, -0.15) is 0 Å². The largest absolute Gasteiger partial charge is 0.305 e. The first-order valence-corrected chi connectivity index (χ1v) is 7.93. The minimum Gasteiger partial charge on any atom is -0.305 e. The third-order valence-electron chi connectivity index (χ3n) is 3.07. The lowest BCUT2D eigenvalue weighted by atomic mass is 10.1. The van der Waals surface area contributed by atoms with E-state index < -0.39 is 0 Å². The Bertz CT molecular complexity index is 508. The average molecular weight is 286 g/mol. The molecular weight excluding hydrogens is 264 g/mol. The number of nitrogens with zero attached hydrogens (tertiary/aromatic N) is 1. The molecule has 1 N–H and O–H groups in total. The molecule has 0 fully saturated rings. The highest BCUT2D eigenvalue weighted by atomic mass is 32.2. The van der Waals surface area contributed by atoms with Gasteiger partial charge in [0.1, 0.15) is 0 Å². The number of aromatic nitrogens is 1. The van der Waals surface area contributed by atoms with Crippen LogP contribution in [-0.2, 0) is 6.54 Å². The van der Waals surface area contributed by atoms with Crippen LogP contribution in [0.1, 0.15) is 38.1 Å². The third-order valence-corrected chi connectivity index (χ3v) is 4.08. The van der Waals surface area contributed by atoms with Gasteiger partial charge < -0.3 is 5.32 Å². The molecule has 0 aliphatic heterocycles. The molecule has 2 nitrogen and oxygen atoms in total. The van der Waals surface area contributed by atoms with Gasteiger partial charge in [0.2, 0.25) is 0 Å². The summed E-state index contributed by atoms with van der Waals surface area (Å²) in [6.45, 7) is 7.42. The molecule has 0 amide bonds. The lowest BCUT2D eigenvalue weighted by molar-refractivity contribution is 0.567. The first kappa shape index (κ1) is 15.1. The zero-order valence-electron chi connectivity index (χ0n) is 12.3. The summed E-state index contributed by atoms with van der Waals surface area (Å²) in [4.78, 5) is 5.66. The van der Waals surface area contributed by atoms with Gasteiger partial charge in [-0.1, -0.05) is 32.0 Å². The van der Waals surface area contributed by atoms with Crippen molar-refractivity contribution in [1.82, 2.24) is 10.3 Å². The van der Waals surface area contributed by atoms with Crippen LogP contribution in [0.15, 0.2) is 53.6 Å². The third kappa shape index (κ3) is 4.66. The van der Waals surface area contributed by atoms with Crippen molar-refractivity contribution in [2.24, 2.45) is 0 Å². The first-order chi connectivity index (χ1) is 9.65. The summed E-state index contributed by atoms with van der Waals surface area (Å²) in [6.07, 6.45) is 1.83. The molecule has 0 unspecified atom stereocenters. The summed E-state index contributed by atoms with van der Waals surface area (Å²) >= 11 is 1.90. The summed E-state index contributed by atoms with van der Waals surface area (Å²) in [5.74, 6) is 0. The van der Waals surface area contributed by atoms with Gasteiger partial charge >= 0.3 is 0 Å². The second-order valence-corrected chi connectivity index (χ2v) is 6.81. The van der Waals surface area contributed by atoms with Crippen LogP contribution in [0.5, 0.6) is 0 Å². The Kier molecular flexibility index (Phi) is 5.62. The molecule has 0 radical (unpaired) electrons. The van der Waals surface area contributed by atoms with Gasteiger partial charge in [-0.25, -0.2) is 0 Å². The van der Waals surface area contributed by atoms with Crippen molar-refractivity contribution in [1.29, 1.82) is 0 Å². The van der Waals surface area contributed by atoms with Gasteiger partial charge in [-0.3, -0.25) is 4.98 Å². The normalized spacial score (nSPS) is 12.6. The maximum Gasteiger partial charge on any atom is 0.0541 e. The monoisotopic (exact) mass is 286 g/mol. The van der Waals surface area contributed by atoms with Crippen molar-refractivity contribution in [2.45, 2.75) is 43.5 Å². The summed E-state index contributed by atoms with van der Waals surface area (Å²) in [5, 5.41) is 4.13. The number of hydrogen-bond donors (Lipinski definition) is 1. The van der Waals surface area contributed by atoms with Gasteiger partial charge in [-0.05, 0) is 36.8 Å². The van der Waals surface area contributed by atoms with Crippen molar-refractivity contribution in [3.63, 3.8) is 0 Å². The predicted octanol–water partition coefficient (Wildman–Crippen LogP) is 4.43. The molecule has 0 spiro atoms. The van der Waals surface area contributed by atoms with Crippen LogP contribution < -0.4 is 5.32 Å². The van der Waals surface area contributed by atoms with Gasteiger partial charge in [0.15, 0.2) is 0 Å². The summed E-state index contributed by atoms with van der Waals surface area (Å²) in [6, 6.07) is 15.2. The first-order valence-electron chi connectivity index (χ1n) is 7.05. The average Bonchev–Trinajstić information content (AvgIpc) is 2.46. The Morgan fingerprint density at radius 2 is 1.80 bits per heavy atom. The molecule has 0 bridgehead atoms. The number of hydrogen-bond acceptors (Lipinski definition) is 3. The lowest BCUT2D eigenvalue weighted by Gasteiger charge is -2.14. The molecule has 0 saturated carbocycles. The summed E-state index contributed by atoms with van der Waals surface area (Å²) in [7, 11) is 0. The van der Waals surface area contributed by atoms with Crippen LogP contribution in [0.3, 0.4) is 0 Å². The van der Waals surface area contributed by atoms with Crippen LogP contribution in [0.25, 0.3) is 0 Å². The Morgan fingerprint density at radius 1 is 1.05 bits per heavy atom. The van der Waals surface area contributed by atoms with E-state index in [2.05, 4.69) is 55.3 Å². The number of nitrogens with one attached hydrogen (secondary N) is 1. The van der Waals surface area contributed by atoms with Crippen LogP contribution in [0.4, 0.5) is 0 Å². The number of thioether (sulfide) groups is 1. The highest BCUT2D eigenvalue weighted by molar-refractivity contribution is 7.99. The number of pyridine rings is 1. The van der Waals surface area contributed by atoms with Gasteiger partial charge in [0.25, 0.3) is 0 Å². The summed E-state index contributed by atoms with van der Waals surface area (Å²) in [5.41, 5.74) is 2.39. The van der Waals surface area contributed by atoms with Crippen molar-refractivity contribution in [2.75, 3.05) is 0 Å². The molecule has 1 atom stereocenters. The second-order valence-electron chi connectivity index (χ2n) is 5.16. The summed E-state index contributed by atoms with van der Waals surface area (Å²) < 4.78 is 0. The SMILES string of the molecule is CC(C)Sc1ccc([C@@H](C)NCc2ccccn2)cc1. The van der Waals surface area contributed by atoms with Crippen molar-refractivity contribution < 1.29 is 0 Å². The van der Waals surface area contributed by atoms with Crippen molar-refractivity contribution >= 4 is 11.8 Å². The molecular formula is C17H22N2S. The minimum atomic E-state index is 0.329. The molecule has 106 valence electrons. The van der Waals surface area contributed by atoms with Gasteiger partial charge in [0.05, 0.1) is 5.69 Å².